The van der Waals surface area contributed by atoms with Crippen LogP contribution in [0, 0.1) is 5.92 Å². The maximum Gasteiger partial charge on any atom is 0.162 e. The Hall–Kier alpha value is -3.41. The van der Waals surface area contributed by atoms with Gasteiger partial charge >= 0.3 is 0 Å². The summed E-state index contributed by atoms with van der Waals surface area (Å²) < 4.78 is 11.9. The van der Waals surface area contributed by atoms with Crippen molar-refractivity contribution in [3.8, 4) is 11.5 Å². The van der Waals surface area contributed by atoms with Crippen molar-refractivity contribution >= 4 is 11.5 Å². The molecular weight excluding hydrogens is 388 g/mol. The van der Waals surface area contributed by atoms with Crippen LogP contribution >= 0.6 is 0 Å². The Labute approximate surface area is 183 Å². The van der Waals surface area contributed by atoms with Gasteiger partial charge in [-0.15, -0.1) is 0 Å². The van der Waals surface area contributed by atoms with Gasteiger partial charge in [0.05, 0.1) is 12.3 Å². The molecule has 31 heavy (non-hydrogen) atoms. The number of hydrogen-bond donors (Lipinski definition) is 2. The molecule has 0 spiro atoms. The number of nitrogens with two attached hydrogens (primary N) is 2. The summed E-state index contributed by atoms with van der Waals surface area (Å²) in [6.45, 7) is 3.85. The lowest BCUT2D eigenvalue weighted by Gasteiger charge is -2.34. The monoisotopic (exact) mass is 418 g/mol. The second-order valence-corrected chi connectivity index (χ2v) is 7.89. The largest absolute Gasteiger partial charge is 0.490 e. The summed E-state index contributed by atoms with van der Waals surface area (Å²) in [7, 11) is 0. The van der Waals surface area contributed by atoms with Crippen LogP contribution in [0.1, 0.15) is 37.3 Å². The van der Waals surface area contributed by atoms with Gasteiger partial charge in [-0.05, 0) is 49.4 Å². The molecule has 0 bridgehead atoms. The first kappa shape index (κ1) is 20.8. The molecule has 1 aliphatic carbocycles. The fourth-order valence-electron chi connectivity index (χ4n) is 3.81. The van der Waals surface area contributed by atoms with Crippen LogP contribution in [0.25, 0.3) is 5.70 Å². The Bertz CT molecular complexity index is 994. The van der Waals surface area contributed by atoms with Gasteiger partial charge in [-0.2, -0.15) is 0 Å². The van der Waals surface area contributed by atoms with Crippen LogP contribution in [0.2, 0.25) is 0 Å². The molecule has 0 saturated heterocycles. The average Bonchev–Trinajstić information content (AvgIpc) is 2.76. The minimum Gasteiger partial charge on any atom is -0.490 e. The molecule has 1 aliphatic heterocycles. The number of amidine groups is 1. The van der Waals surface area contributed by atoms with E-state index in [1.54, 1.807) is 6.20 Å². The van der Waals surface area contributed by atoms with E-state index in [-0.39, 0.29) is 0 Å². The SMILES string of the molecule is CCOc1ccc(/C(N)=C2\C(N)=NC=CN2CC2CCC2)cc1OCc1ccccc1. The summed E-state index contributed by atoms with van der Waals surface area (Å²) in [5.41, 5.74) is 16.1. The highest BCUT2D eigenvalue weighted by molar-refractivity contribution is 6.04. The zero-order chi connectivity index (χ0) is 21.6. The maximum atomic E-state index is 6.63. The molecule has 0 aromatic heterocycles. The van der Waals surface area contributed by atoms with E-state index in [0.29, 0.717) is 42.2 Å². The number of benzene rings is 2. The van der Waals surface area contributed by atoms with Crippen molar-refractivity contribution in [3.63, 3.8) is 0 Å². The van der Waals surface area contributed by atoms with Crippen molar-refractivity contribution < 1.29 is 9.47 Å². The van der Waals surface area contributed by atoms with Gasteiger partial charge in [-0.25, -0.2) is 4.99 Å². The molecule has 2 aromatic carbocycles. The minimum absolute atomic E-state index is 0.431. The van der Waals surface area contributed by atoms with Gasteiger partial charge < -0.3 is 25.8 Å². The van der Waals surface area contributed by atoms with Crippen LogP contribution in [-0.2, 0) is 6.61 Å². The zero-order valence-corrected chi connectivity index (χ0v) is 18.0. The molecule has 0 unspecified atom stereocenters. The van der Waals surface area contributed by atoms with Crippen molar-refractivity contribution in [2.24, 2.45) is 22.4 Å². The molecular formula is C25H30N4O2. The van der Waals surface area contributed by atoms with Gasteiger partial charge in [-0.1, -0.05) is 36.8 Å². The molecule has 6 heteroatoms. The smallest absolute Gasteiger partial charge is 0.162 e. The summed E-state index contributed by atoms with van der Waals surface area (Å²) in [4.78, 5) is 6.41. The summed E-state index contributed by atoms with van der Waals surface area (Å²) in [6, 6.07) is 15.8. The Kier molecular flexibility index (Phi) is 6.46. The van der Waals surface area contributed by atoms with Crippen LogP contribution in [0.4, 0.5) is 0 Å². The summed E-state index contributed by atoms with van der Waals surface area (Å²) in [5.74, 6) is 2.44. The second-order valence-electron chi connectivity index (χ2n) is 7.89. The molecule has 162 valence electrons. The van der Waals surface area contributed by atoms with Crippen molar-refractivity contribution in [1.82, 2.24) is 4.90 Å². The van der Waals surface area contributed by atoms with E-state index in [0.717, 1.165) is 23.4 Å². The third-order valence-electron chi connectivity index (χ3n) is 5.72. The summed E-state index contributed by atoms with van der Waals surface area (Å²) >= 11 is 0. The highest BCUT2D eigenvalue weighted by Gasteiger charge is 2.25. The third kappa shape index (κ3) is 4.85. The third-order valence-corrected chi connectivity index (χ3v) is 5.72. The van der Waals surface area contributed by atoms with Gasteiger partial charge in [0.2, 0.25) is 0 Å². The van der Waals surface area contributed by atoms with E-state index in [4.69, 9.17) is 20.9 Å². The predicted molar refractivity (Wildman–Crippen MR) is 124 cm³/mol. The maximum absolute atomic E-state index is 6.63. The first-order valence-electron chi connectivity index (χ1n) is 10.9. The summed E-state index contributed by atoms with van der Waals surface area (Å²) in [6.07, 6.45) is 7.47. The van der Waals surface area contributed by atoms with Crippen molar-refractivity contribution in [1.29, 1.82) is 0 Å². The van der Waals surface area contributed by atoms with Crippen LogP contribution in [0.15, 0.2) is 71.6 Å². The van der Waals surface area contributed by atoms with Crippen molar-refractivity contribution in [2.75, 3.05) is 13.2 Å². The normalized spacial score (nSPS) is 17.7. The molecule has 4 N–H and O–H groups in total. The van der Waals surface area contributed by atoms with Gasteiger partial charge in [-0.3, -0.25) is 0 Å². The number of nitrogens with zero attached hydrogens (tertiary/aromatic N) is 2. The molecule has 6 nitrogen and oxygen atoms in total. The highest BCUT2D eigenvalue weighted by atomic mass is 16.5. The molecule has 2 aliphatic rings. The van der Waals surface area contributed by atoms with Crippen LogP contribution in [-0.4, -0.2) is 23.9 Å². The van der Waals surface area contributed by atoms with E-state index in [2.05, 4.69) is 9.89 Å². The first-order valence-corrected chi connectivity index (χ1v) is 10.9. The lowest BCUT2D eigenvalue weighted by atomic mass is 9.85. The summed E-state index contributed by atoms with van der Waals surface area (Å²) in [5, 5.41) is 0. The highest BCUT2D eigenvalue weighted by Crippen LogP contribution is 2.34. The molecule has 1 heterocycles. The molecule has 2 aromatic rings. The second kappa shape index (κ2) is 9.60. The van der Waals surface area contributed by atoms with Gasteiger partial charge in [0.1, 0.15) is 18.1 Å². The fourth-order valence-corrected chi connectivity index (χ4v) is 3.81. The van der Waals surface area contributed by atoms with E-state index < -0.39 is 0 Å². The number of ether oxygens (including phenoxy) is 2. The van der Waals surface area contributed by atoms with E-state index in [9.17, 15) is 0 Å². The number of aliphatic imine (C=N–C) groups is 1. The van der Waals surface area contributed by atoms with Crippen LogP contribution in [0.5, 0.6) is 11.5 Å². The molecule has 0 radical (unpaired) electrons. The molecule has 1 fully saturated rings. The predicted octanol–water partition coefficient (Wildman–Crippen LogP) is 4.24. The lowest BCUT2D eigenvalue weighted by Crippen LogP contribution is -2.37. The first-order chi connectivity index (χ1) is 15.2. The lowest BCUT2D eigenvalue weighted by molar-refractivity contribution is 0.253. The zero-order valence-electron chi connectivity index (χ0n) is 18.0. The van der Waals surface area contributed by atoms with Crippen LogP contribution in [0.3, 0.4) is 0 Å². The molecule has 4 rings (SSSR count). The van der Waals surface area contributed by atoms with E-state index >= 15 is 0 Å². The number of rotatable bonds is 8. The fraction of sp³-hybridized carbons (Fsp3) is 0.320. The standard InChI is InChI=1S/C25H30N4O2/c1-2-30-21-12-11-20(15-22(21)31-17-19-7-4-3-5-8-19)23(26)24-25(27)28-13-14-29(24)16-18-9-6-10-18/h3-5,7-8,11-15,18H,2,6,9-10,16-17,26H2,1H3,(H2,27,28)/b24-23-. The van der Waals surface area contributed by atoms with Gasteiger partial charge in [0, 0.05) is 24.5 Å². The van der Waals surface area contributed by atoms with Crippen molar-refractivity contribution in [3.05, 3.63) is 77.8 Å². The Balaban J connectivity index is 1.63. The quantitative estimate of drug-likeness (QED) is 0.670. The van der Waals surface area contributed by atoms with Gasteiger partial charge in [0.25, 0.3) is 0 Å². The van der Waals surface area contributed by atoms with Gasteiger partial charge in [0.15, 0.2) is 11.5 Å². The Morgan fingerprint density at radius 1 is 1.10 bits per heavy atom. The molecule has 0 atom stereocenters. The Morgan fingerprint density at radius 2 is 1.90 bits per heavy atom. The Morgan fingerprint density at radius 3 is 2.61 bits per heavy atom. The van der Waals surface area contributed by atoms with E-state index in [1.807, 2.05) is 61.7 Å². The molecule has 1 saturated carbocycles. The number of hydrogen-bond acceptors (Lipinski definition) is 6. The average molecular weight is 419 g/mol. The topological polar surface area (TPSA) is 86.1 Å². The van der Waals surface area contributed by atoms with Crippen molar-refractivity contribution in [2.45, 2.75) is 32.8 Å². The van der Waals surface area contributed by atoms with Crippen LogP contribution < -0.4 is 20.9 Å². The minimum atomic E-state index is 0.431. The van der Waals surface area contributed by atoms with E-state index in [1.165, 1.54) is 19.3 Å². The molecule has 0 amide bonds.